The first-order valence-corrected chi connectivity index (χ1v) is 8.96. The fourth-order valence-electron chi connectivity index (χ4n) is 2.04. The lowest BCUT2D eigenvalue weighted by atomic mass is 9.73. The van der Waals surface area contributed by atoms with Crippen LogP contribution in [0.4, 0.5) is 0 Å². The molecule has 19 heavy (non-hydrogen) atoms. The lowest BCUT2D eigenvalue weighted by Gasteiger charge is -2.42. The molecule has 4 heteroatoms. The van der Waals surface area contributed by atoms with E-state index in [9.17, 15) is 0 Å². The van der Waals surface area contributed by atoms with Gasteiger partial charge in [0.1, 0.15) is 0 Å². The van der Waals surface area contributed by atoms with E-state index in [0.717, 1.165) is 6.17 Å². The van der Waals surface area contributed by atoms with Crippen LogP contribution in [0, 0.1) is 10.8 Å². The number of hydrogen-bond acceptors (Lipinski definition) is 3. The van der Waals surface area contributed by atoms with Crippen LogP contribution < -0.4 is 11.1 Å². The normalized spacial score (nSPS) is 18.0. The highest BCUT2D eigenvalue weighted by atomic mass is 28.2. The van der Waals surface area contributed by atoms with Crippen LogP contribution >= 0.6 is 0 Å². The molecule has 2 unspecified atom stereocenters. The first-order chi connectivity index (χ1) is 8.25. The Bertz CT molecular complexity index is 261. The molecule has 0 aliphatic carbocycles. The Morgan fingerprint density at radius 2 is 1.42 bits per heavy atom. The Balaban J connectivity index is 4.48. The van der Waals surface area contributed by atoms with Crippen molar-refractivity contribution in [2.75, 3.05) is 6.17 Å². The van der Waals surface area contributed by atoms with Crippen LogP contribution in [-0.4, -0.2) is 33.6 Å². The van der Waals surface area contributed by atoms with E-state index < -0.39 is 9.76 Å². The molecule has 0 aliphatic rings. The molecule has 0 heterocycles. The monoisotopic (exact) mass is 288 g/mol. The summed E-state index contributed by atoms with van der Waals surface area (Å²) >= 11 is 0. The summed E-state index contributed by atoms with van der Waals surface area (Å²) in [5.41, 5.74) is 6.71. The van der Waals surface area contributed by atoms with Crippen molar-refractivity contribution in [1.82, 2.24) is 5.32 Å². The molecule has 0 fully saturated rings. The van der Waals surface area contributed by atoms with Crippen LogP contribution in [0.3, 0.4) is 0 Å². The molecule has 0 amide bonds. The minimum absolute atomic E-state index is 0.0166. The fraction of sp³-hybridized carbons (Fsp3) is 1.00. The molecular weight excluding hydrogens is 252 g/mol. The summed E-state index contributed by atoms with van der Waals surface area (Å²) in [5, 5.41) is 3.65. The summed E-state index contributed by atoms with van der Waals surface area (Å²) in [6.07, 6.45) is 0.975. The highest BCUT2D eigenvalue weighted by Crippen LogP contribution is 2.29. The van der Waals surface area contributed by atoms with Gasteiger partial charge in [-0.05, 0) is 31.6 Å². The Labute approximate surface area is 123 Å². The first-order valence-electron chi connectivity index (χ1n) is 7.38. The number of hydrogen-bond donors (Lipinski definition) is 2. The van der Waals surface area contributed by atoms with Gasteiger partial charge in [-0.2, -0.15) is 0 Å². The second-order valence-corrected chi connectivity index (χ2v) is 9.85. The molecule has 116 valence electrons. The van der Waals surface area contributed by atoms with Gasteiger partial charge in [-0.25, -0.2) is 0 Å². The Kier molecular flexibility index (Phi) is 6.73. The molecule has 3 nitrogen and oxygen atoms in total. The summed E-state index contributed by atoms with van der Waals surface area (Å²) in [4.78, 5) is 0. The van der Waals surface area contributed by atoms with E-state index in [0.29, 0.717) is 6.04 Å². The van der Waals surface area contributed by atoms with E-state index >= 15 is 0 Å². The van der Waals surface area contributed by atoms with Crippen molar-refractivity contribution in [3.63, 3.8) is 0 Å². The molecule has 3 N–H and O–H groups in total. The SMILES string of the molecule is CC(C)(C)O[SiH2]CNC(C(N)C(C)(C)C)C(C)(C)C. The van der Waals surface area contributed by atoms with Gasteiger partial charge in [0.25, 0.3) is 0 Å². The van der Waals surface area contributed by atoms with E-state index in [1.54, 1.807) is 0 Å². The molecule has 0 saturated carbocycles. The summed E-state index contributed by atoms with van der Waals surface area (Å²) in [7, 11) is -0.536. The fourth-order valence-corrected chi connectivity index (χ4v) is 3.19. The van der Waals surface area contributed by atoms with E-state index in [1.807, 2.05) is 0 Å². The molecular formula is C15H36N2OSi. The average molecular weight is 289 g/mol. The summed E-state index contributed by atoms with van der Waals surface area (Å²) in [6, 6.07) is 0.444. The second-order valence-electron chi connectivity index (χ2n) is 8.65. The topological polar surface area (TPSA) is 47.3 Å². The van der Waals surface area contributed by atoms with Gasteiger partial charge in [-0.15, -0.1) is 0 Å². The molecule has 0 rings (SSSR count). The summed E-state index contributed by atoms with van der Waals surface area (Å²) < 4.78 is 5.89. The highest BCUT2D eigenvalue weighted by molar-refractivity contribution is 6.27. The van der Waals surface area contributed by atoms with Crippen LogP contribution in [0.15, 0.2) is 0 Å². The van der Waals surface area contributed by atoms with E-state index in [-0.39, 0.29) is 22.5 Å². The van der Waals surface area contributed by atoms with Crippen molar-refractivity contribution in [3.05, 3.63) is 0 Å². The molecule has 2 atom stereocenters. The Morgan fingerprint density at radius 3 is 1.74 bits per heavy atom. The predicted molar refractivity (Wildman–Crippen MR) is 88.1 cm³/mol. The predicted octanol–water partition coefficient (Wildman–Crippen LogP) is 2.22. The molecule has 0 aromatic carbocycles. The molecule has 0 bridgehead atoms. The van der Waals surface area contributed by atoms with Crippen molar-refractivity contribution in [2.45, 2.75) is 80.0 Å². The zero-order chi connectivity index (χ0) is 15.5. The second kappa shape index (κ2) is 6.70. The zero-order valence-corrected chi connectivity index (χ0v) is 16.0. The van der Waals surface area contributed by atoms with Crippen molar-refractivity contribution in [2.24, 2.45) is 16.6 Å². The maximum atomic E-state index is 6.46. The third kappa shape index (κ3) is 8.08. The number of nitrogens with one attached hydrogen (secondary N) is 1. The van der Waals surface area contributed by atoms with Gasteiger partial charge in [0.2, 0.25) is 0 Å². The summed E-state index contributed by atoms with van der Waals surface area (Å²) in [5.74, 6) is 0. The molecule has 0 radical (unpaired) electrons. The Morgan fingerprint density at radius 1 is 0.947 bits per heavy atom. The number of nitrogens with two attached hydrogens (primary N) is 1. The Hall–Kier alpha value is 0.0969. The van der Waals surface area contributed by atoms with Crippen LogP contribution in [-0.2, 0) is 4.43 Å². The van der Waals surface area contributed by atoms with Gasteiger partial charge in [-0.1, -0.05) is 41.5 Å². The average Bonchev–Trinajstić information content (AvgIpc) is 2.11. The smallest absolute Gasteiger partial charge is 0.175 e. The molecule has 0 saturated heterocycles. The van der Waals surface area contributed by atoms with E-state index in [4.69, 9.17) is 10.2 Å². The lowest BCUT2D eigenvalue weighted by Crippen LogP contribution is -2.58. The summed E-state index contributed by atoms with van der Waals surface area (Å²) in [6.45, 7) is 19.7. The van der Waals surface area contributed by atoms with Gasteiger partial charge in [0.15, 0.2) is 9.76 Å². The standard InChI is InChI=1S/C15H36N2OSi/c1-13(2,3)11(16)12(14(4,5)6)17-10-19-18-15(7,8)9/h11-12,17H,10,16,19H2,1-9H3. The minimum atomic E-state index is -0.536. The molecule has 0 spiro atoms. The van der Waals surface area contributed by atoms with Crippen molar-refractivity contribution in [3.8, 4) is 0 Å². The van der Waals surface area contributed by atoms with Gasteiger partial charge in [0.05, 0.1) is 0 Å². The zero-order valence-electron chi connectivity index (χ0n) is 14.6. The highest BCUT2D eigenvalue weighted by Gasteiger charge is 2.36. The van der Waals surface area contributed by atoms with Gasteiger partial charge < -0.3 is 15.5 Å². The third-order valence-corrected chi connectivity index (χ3v) is 4.86. The van der Waals surface area contributed by atoms with Gasteiger partial charge in [-0.3, -0.25) is 0 Å². The number of rotatable bonds is 5. The van der Waals surface area contributed by atoms with Crippen LogP contribution in [0.5, 0.6) is 0 Å². The van der Waals surface area contributed by atoms with Crippen molar-refractivity contribution >= 4 is 9.76 Å². The molecule has 0 aromatic rings. The maximum absolute atomic E-state index is 6.46. The van der Waals surface area contributed by atoms with E-state index in [1.165, 1.54) is 0 Å². The van der Waals surface area contributed by atoms with Gasteiger partial charge in [0, 0.05) is 23.9 Å². The van der Waals surface area contributed by atoms with Crippen LogP contribution in [0.2, 0.25) is 0 Å². The lowest BCUT2D eigenvalue weighted by molar-refractivity contribution is 0.132. The van der Waals surface area contributed by atoms with Gasteiger partial charge >= 0.3 is 0 Å². The largest absolute Gasteiger partial charge is 0.418 e. The molecule has 0 aliphatic heterocycles. The van der Waals surface area contributed by atoms with Crippen molar-refractivity contribution in [1.29, 1.82) is 0 Å². The third-order valence-electron chi connectivity index (χ3n) is 3.29. The van der Waals surface area contributed by atoms with Crippen LogP contribution in [0.25, 0.3) is 0 Å². The van der Waals surface area contributed by atoms with Crippen LogP contribution in [0.1, 0.15) is 62.3 Å². The quantitative estimate of drug-likeness (QED) is 0.602. The van der Waals surface area contributed by atoms with E-state index in [2.05, 4.69) is 67.6 Å². The van der Waals surface area contributed by atoms with Crippen molar-refractivity contribution < 1.29 is 4.43 Å². The molecule has 0 aromatic heterocycles. The first kappa shape index (κ1) is 19.1. The minimum Gasteiger partial charge on any atom is -0.418 e. The maximum Gasteiger partial charge on any atom is 0.175 e.